The molecule has 4 atom stereocenters. The van der Waals surface area contributed by atoms with E-state index in [9.17, 15) is 29.1 Å². The van der Waals surface area contributed by atoms with Crippen molar-refractivity contribution in [3.05, 3.63) is 51.7 Å². The second-order valence-corrected chi connectivity index (χ2v) is 12.4. The molecule has 0 aliphatic carbocycles. The summed E-state index contributed by atoms with van der Waals surface area (Å²) in [4.78, 5) is 64.2. The van der Waals surface area contributed by atoms with Crippen LogP contribution in [0.1, 0.15) is 40.9 Å². The minimum Gasteiger partial charge on any atom is -0.426 e. The van der Waals surface area contributed by atoms with Gasteiger partial charge in [-0.15, -0.1) is 22.0 Å². The molecule has 2 aliphatic heterocycles. The molecule has 218 valence electrons. The second-order valence-electron chi connectivity index (χ2n) is 8.92. The zero-order valence-electron chi connectivity index (χ0n) is 22.2. The Bertz CT molecular complexity index is 1410. The average Bonchev–Trinajstić information content (AvgIpc) is 3.37. The van der Waals surface area contributed by atoms with Gasteiger partial charge in [0.15, 0.2) is 16.2 Å². The number of rotatable bonds is 11. The van der Waals surface area contributed by atoms with E-state index in [0.717, 1.165) is 5.01 Å². The van der Waals surface area contributed by atoms with Gasteiger partial charge in [0, 0.05) is 36.5 Å². The van der Waals surface area contributed by atoms with Crippen LogP contribution in [0.2, 0.25) is 0 Å². The third kappa shape index (κ3) is 6.78. The predicted octanol–water partition coefficient (Wildman–Crippen LogP) is 0.920. The number of fused-ring (bicyclic) bond motifs is 1. The molecular weight excluding hydrogens is 595 g/mol. The van der Waals surface area contributed by atoms with Crippen molar-refractivity contribution < 1.29 is 38.6 Å². The standard InChI is InChI=1S/C25H27N5O8S3/c1-11-28-29-25(41-11)40-10-14-9-39-23-18(22(35)30(23)19(14)24(36)38-13(3)37-12(2)31)27-21(34)20(33)16-7-5-4-6-15(16)17(32)8-26/h4-7,13,18,20,23,33H,8-10,26H2,1-3H3,(H,27,34)/t13?,18?,20?,23-/m0/s1. The number of hydrogen-bond acceptors (Lipinski definition) is 14. The first kappa shape index (κ1) is 30.6. The number of aryl methyl sites for hydroxylation is 1. The van der Waals surface area contributed by atoms with Crippen LogP contribution in [0, 0.1) is 6.92 Å². The first-order valence-corrected chi connectivity index (χ1v) is 15.1. The fourth-order valence-corrected chi connectivity index (χ4v) is 7.51. The lowest BCUT2D eigenvalue weighted by Gasteiger charge is -2.50. The van der Waals surface area contributed by atoms with Gasteiger partial charge >= 0.3 is 11.9 Å². The number of carbonyl (C=O) groups is 5. The number of hydrogen-bond donors (Lipinski definition) is 3. The maximum atomic E-state index is 13.3. The number of β-lactam (4-membered cyclic amide) rings is 1. The van der Waals surface area contributed by atoms with Crippen LogP contribution in [0.15, 0.2) is 39.9 Å². The molecule has 13 nitrogen and oxygen atoms in total. The monoisotopic (exact) mass is 621 g/mol. The van der Waals surface area contributed by atoms with E-state index in [0.29, 0.717) is 21.4 Å². The van der Waals surface area contributed by atoms with Crippen molar-refractivity contribution >= 4 is 64.4 Å². The Labute approximate surface area is 247 Å². The maximum Gasteiger partial charge on any atom is 0.358 e. The molecule has 0 radical (unpaired) electrons. The number of ketones is 1. The molecule has 4 rings (SSSR count). The first-order chi connectivity index (χ1) is 19.5. The van der Waals surface area contributed by atoms with E-state index in [1.165, 1.54) is 65.7 Å². The number of amides is 2. The van der Waals surface area contributed by atoms with E-state index >= 15 is 0 Å². The molecule has 0 saturated carbocycles. The Balaban J connectivity index is 1.53. The van der Waals surface area contributed by atoms with Gasteiger partial charge in [0.05, 0.1) is 6.54 Å². The number of carbonyl (C=O) groups excluding carboxylic acids is 5. The lowest BCUT2D eigenvalue weighted by atomic mass is 9.97. The second kappa shape index (κ2) is 13.1. The third-order valence-corrected chi connectivity index (χ3v) is 9.41. The Morgan fingerprint density at radius 2 is 1.98 bits per heavy atom. The van der Waals surface area contributed by atoms with Gasteiger partial charge < -0.3 is 25.6 Å². The minimum absolute atomic E-state index is 0.00331. The molecule has 2 aliphatic rings. The Morgan fingerprint density at radius 3 is 2.63 bits per heavy atom. The molecule has 1 saturated heterocycles. The van der Waals surface area contributed by atoms with E-state index < -0.39 is 53.3 Å². The lowest BCUT2D eigenvalue weighted by molar-refractivity contribution is -0.182. The summed E-state index contributed by atoms with van der Waals surface area (Å²) in [6.45, 7) is 4.07. The highest BCUT2D eigenvalue weighted by molar-refractivity contribution is 8.01. The predicted molar refractivity (Wildman–Crippen MR) is 150 cm³/mol. The van der Waals surface area contributed by atoms with Crippen LogP contribution in [0.3, 0.4) is 0 Å². The van der Waals surface area contributed by atoms with E-state index in [1.807, 2.05) is 6.92 Å². The zero-order chi connectivity index (χ0) is 29.8. The van der Waals surface area contributed by atoms with Gasteiger partial charge in [0.2, 0.25) is 6.29 Å². The summed E-state index contributed by atoms with van der Waals surface area (Å²) in [6, 6.07) is 4.99. The number of aliphatic hydroxyl groups is 1. The van der Waals surface area contributed by atoms with E-state index in [-0.39, 0.29) is 23.4 Å². The van der Waals surface area contributed by atoms with Crippen LogP contribution in [0.5, 0.6) is 0 Å². The molecule has 2 amide bonds. The van der Waals surface area contributed by atoms with Crippen molar-refractivity contribution in [2.75, 3.05) is 18.1 Å². The molecule has 0 bridgehead atoms. The first-order valence-electron chi connectivity index (χ1n) is 12.3. The number of nitrogens with one attached hydrogen (secondary N) is 1. The summed E-state index contributed by atoms with van der Waals surface area (Å²) in [5, 5.41) is 21.4. The Morgan fingerprint density at radius 1 is 1.24 bits per heavy atom. The summed E-state index contributed by atoms with van der Waals surface area (Å²) in [7, 11) is 0. The Kier molecular flexibility index (Phi) is 9.80. The van der Waals surface area contributed by atoms with E-state index in [4.69, 9.17) is 15.2 Å². The van der Waals surface area contributed by atoms with Gasteiger partial charge in [0.25, 0.3) is 11.8 Å². The normalized spacial score (nSPS) is 19.5. The molecule has 0 spiro atoms. The quantitative estimate of drug-likeness (QED) is 0.106. The van der Waals surface area contributed by atoms with Crippen LogP contribution in [-0.4, -0.2) is 85.5 Å². The zero-order valence-corrected chi connectivity index (χ0v) is 24.6. The molecule has 2 aromatic rings. The summed E-state index contributed by atoms with van der Waals surface area (Å²) < 4.78 is 10.9. The molecule has 4 N–H and O–H groups in total. The van der Waals surface area contributed by atoms with Crippen molar-refractivity contribution in [3.63, 3.8) is 0 Å². The van der Waals surface area contributed by atoms with Gasteiger partial charge in [-0.1, -0.05) is 47.4 Å². The number of nitrogens with two attached hydrogens (primary N) is 1. The fraction of sp³-hybridized carbons (Fsp3) is 0.400. The van der Waals surface area contributed by atoms with Crippen molar-refractivity contribution in [2.24, 2.45) is 5.73 Å². The Hall–Kier alpha value is -3.31. The molecule has 3 unspecified atom stereocenters. The number of benzene rings is 1. The summed E-state index contributed by atoms with van der Waals surface area (Å²) >= 11 is 4.06. The number of esters is 2. The highest BCUT2D eigenvalue weighted by Gasteiger charge is 2.55. The van der Waals surface area contributed by atoms with Crippen LogP contribution >= 0.6 is 34.9 Å². The summed E-state index contributed by atoms with van der Waals surface area (Å²) in [5.41, 5.74) is 6.21. The van der Waals surface area contributed by atoms with Gasteiger partial charge in [-0.05, 0) is 12.5 Å². The van der Waals surface area contributed by atoms with Crippen molar-refractivity contribution in [3.8, 4) is 0 Å². The van der Waals surface area contributed by atoms with Crippen molar-refractivity contribution in [2.45, 2.75) is 48.9 Å². The van der Waals surface area contributed by atoms with Gasteiger partial charge in [-0.25, -0.2) is 4.79 Å². The van der Waals surface area contributed by atoms with E-state index in [1.54, 1.807) is 12.1 Å². The van der Waals surface area contributed by atoms with Crippen molar-refractivity contribution in [1.82, 2.24) is 20.4 Å². The van der Waals surface area contributed by atoms with Gasteiger partial charge in [0.1, 0.15) is 22.1 Å². The summed E-state index contributed by atoms with van der Waals surface area (Å²) in [6.07, 6.45) is -2.93. The number of nitrogens with zero attached hydrogens (tertiary/aromatic N) is 3. The van der Waals surface area contributed by atoms with Crippen LogP contribution in [0.4, 0.5) is 0 Å². The highest BCUT2D eigenvalue weighted by atomic mass is 32.2. The SMILES string of the molecule is CC(=O)OC(C)OC(=O)C1=C(CSc2nnc(C)s2)CS[C@H]2C(NC(=O)C(O)c3ccccc3C(=O)CN)C(=O)N12. The number of thioether (sulfide) groups is 2. The highest BCUT2D eigenvalue weighted by Crippen LogP contribution is 2.42. The van der Waals surface area contributed by atoms with Crippen LogP contribution in [-0.2, 0) is 28.7 Å². The lowest BCUT2D eigenvalue weighted by Crippen LogP contribution is -2.71. The van der Waals surface area contributed by atoms with E-state index in [2.05, 4.69) is 15.5 Å². The topological polar surface area (TPSA) is 191 Å². The van der Waals surface area contributed by atoms with Crippen LogP contribution < -0.4 is 11.1 Å². The number of aliphatic hydroxyl groups excluding tert-OH is 1. The minimum atomic E-state index is -1.73. The maximum absolute atomic E-state index is 13.3. The third-order valence-electron chi connectivity index (χ3n) is 6.01. The van der Waals surface area contributed by atoms with Gasteiger partial charge in [-0.3, -0.25) is 24.1 Å². The largest absolute Gasteiger partial charge is 0.426 e. The van der Waals surface area contributed by atoms with Gasteiger partial charge in [-0.2, -0.15) is 0 Å². The molecule has 16 heteroatoms. The number of aromatic nitrogens is 2. The molecule has 1 aromatic carbocycles. The van der Waals surface area contributed by atoms with Crippen LogP contribution in [0.25, 0.3) is 0 Å². The summed E-state index contributed by atoms with van der Waals surface area (Å²) in [5.74, 6) is -2.79. The molecule has 1 fully saturated rings. The molecule has 1 aromatic heterocycles. The van der Waals surface area contributed by atoms with Crippen molar-refractivity contribution in [1.29, 1.82) is 0 Å². The number of ether oxygens (including phenoxy) is 2. The smallest absolute Gasteiger partial charge is 0.358 e. The number of Topliss-reactive ketones (excluding diaryl/α,β-unsaturated/α-hetero) is 1. The average molecular weight is 622 g/mol. The molecule has 3 heterocycles. The fourth-order valence-electron chi connectivity index (χ4n) is 4.21. The molecule has 41 heavy (non-hydrogen) atoms. The molecular formula is C25H27N5O8S3.